The Balaban J connectivity index is 0.00000363. The maximum absolute atomic E-state index is 6.05. The largest absolute Gasteiger partial charge is 0.497 e. The summed E-state index contributed by atoms with van der Waals surface area (Å²) in [6.07, 6.45) is 3.20. The minimum atomic E-state index is 0. The molecule has 1 aliphatic heterocycles. The van der Waals surface area contributed by atoms with Crippen molar-refractivity contribution in [3.63, 3.8) is 0 Å². The lowest BCUT2D eigenvalue weighted by atomic mass is 10.1. The fraction of sp³-hybridized carbons (Fsp3) is 0.480. The summed E-state index contributed by atoms with van der Waals surface area (Å²) in [5.41, 5.74) is 3.64. The van der Waals surface area contributed by atoms with Crippen LogP contribution in [-0.2, 0) is 29.0 Å². The molecule has 2 aromatic carbocycles. The number of hydrogen-bond acceptors (Lipinski definition) is 4. The van der Waals surface area contributed by atoms with Crippen LogP contribution in [-0.4, -0.2) is 45.5 Å². The molecule has 3 rings (SSSR count). The fourth-order valence-electron chi connectivity index (χ4n) is 3.50. The number of aliphatic imine (C=N–C) groups is 1. The van der Waals surface area contributed by atoms with E-state index in [1.165, 1.54) is 16.7 Å². The number of guanidine groups is 1. The van der Waals surface area contributed by atoms with Crippen molar-refractivity contribution in [2.75, 3.05) is 33.4 Å². The summed E-state index contributed by atoms with van der Waals surface area (Å²) >= 11 is 0. The molecule has 32 heavy (non-hydrogen) atoms. The summed E-state index contributed by atoms with van der Waals surface area (Å²) < 4.78 is 16.7. The zero-order valence-electron chi connectivity index (χ0n) is 19.1. The molecule has 0 bridgehead atoms. The molecule has 6 nitrogen and oxygen atoms in total. The summed E-state index contributed by atoms with van der Waals surface area (Å²) in [4.78, 5) is 4.75. The Morgan fingerprint density at radius 3 is 2.50 bits per heavy atom. The molecule has 0 unspecified atom stereocenters. The normalized spacial score (nSPS) is 14.5. The highest BCUT2D eigenvalue weighted by Gasteiger charge is 2.14. The van der Waals surface area contributed by atoms with Crippen LogP contribution < -0.4 is 15.4 Å². The van der Waals surface area contributed by atoms with Crippen molar-refractivity contribution in [3.8, 4) is 5.75 Å². The van der Waals surface area contributed by atoms with Crippen molar-refractivity contribution in [3.05, 3.63) is 65.2 Å². The molecule has 176 valence electrons. The van der Waals surface area contributed by atoms with Crippen molar-refractivity contribution in [2.45, 2.75) is 45.4 Å². The molecule has 0 aromatic heterocycles. The minimum Gasteiger partial charge on any atom is -0.497 e. The van der Waals surface area contributed by atoms with Crippen LogP contribution in [0.2, 0.25) is 0 Å². The van der Waals surface area contributed by atoms with Gasteiger partial charge in [-0.25, -0.2) is 4.99 Å². The molecule has 0 amide bonds. The van der Waals surface area contributed by atoms with Crippen LogP contribution >= 0.6 is 24.0 Å². The van der Waals surface area contributed by atoms with Crippen LogP contribution in [0.4, 0.5) is 0 Å². The fourth-order valence-corrected chi connectivity index (χ4v) is 3.50. The van der Waals surface area contributed by atoms with Gasteiger partial charge in [0.1, 0.15) is 5.75 Å². The van der Waals surface area contributed by atoms with Crippen molar-refractivity contribution in [1.29, 1.82) is 0 Å². The summed E-state index contributed by atoms with van der Waals surface area (Å²) in [7, 11) is 1.69. The molecular formula is C25H36IN3O3. The molecule has 1 fully saturated rings. The standard InChI is InChI=1S/C25H35N3O3.HI/c1-3-26-25(27-14-11-20-7-9-23(29-2)10-8-20)28-18-21-5-4-6-22(17-21)19-31-24-12-15-30-16-13-24;/h4-10,17,24H,3,11-16,18-19H2,1-2H3,(H2,26,27,28);1H. The van der Waals surface area contributed by atoms with Gasteiger partial charge in [-0.1, -0.05) is 36.4 Å². The van der Waals surface area contributed by atoms with Crippen molar-refractivity contribution in [1.82, 2.24) is 10.6 Å². The predicted molar refractivity (Wildman–Crippen MR) is 140 cm³/mol. The van der Waals surface area contributed by atoms with E-state index >= 15 is 0 Å². The van der Waals surface area contributed by atoms with E-state index in [2.05, 4.69) is 54.0 Å². The second kappa shape index (κ2) is 15.1. The SMILES string of the molecule is CCNC(=NCc1cccc(COC2CCOCC2)c1)NCCc1ccc(OC)cc1.I. The maximum atomic E-state index is 6.05. The van der Waals surface area contributed by atoms with E-state index in [4.69, 9.17) is 19.2 Å². The molecular weight excluding hydrogens is 517 g/mol. The third-order valence-electron chi connectivity index (χ3n) is 5.27. The first kappa shape index (κ1) is 26.4. The molecule has 0 atom stereocenters. The molecule has 0 saturated carbocycles. The number of halogens is 1. The zero-order valence-corrected chi connectivity index (χ0v) is 21.5. The molecule has 0 aliphatic carbocycles. The van der Waals surface area contributed by atoms with Gasteiger partial charge in [-0.3, -0.25) is 0 Å². The predicted octanol–water partition coefficient (Wildman–Crippen LogP) is 4.31. The van der Waals surface area contributed by atoms with E-state index in [0.29, 0.717) is 19.3 Å². The lowest BCUT2D eigenvalue weighted by molar-refractivity contribution is -0.0390. The highest BCUT2D eigenvalue weighted by atomic mass is 127. The summed E-state index contributed by atoms with van der Waals surface area (Å²) in [5.74, 6) is 1.71. The van der Waals surface area contributed by atoms with Crippen molar-refractivity contribution in [2.24, 2.45) is 4.99 Å². The lowest BCUT2D eigenvalue weighted by Crippen LogP contribution is -2.38. The van der Waals surface area contributed by atoms with Crippen LogP contribution in [0.1, 0.15) is 36.5 Å². The summed E-state index contributed by atoms with van der Waals surface area (Å²) in [6.45, 7) is 6.60. The van der Waals surface area contributed by atoms with Gasteiger partial charge in [0.05, 0.1) is 26.4 Å². The molecule has 1 aliphatic rings. The number of rotatable bonds is 10. The third kappa shape index (κ3) is 9.34. The van der Waals surface area contributed by atoms with E-state index in [9.17, 15) is 0 Å². The molecule has 1 heterocycles. The van der Waals surface area contributed by atoms with E-state index in [1.54, 1.807) is 7.11 Å². The monoisotopic (exact) mass is 553 g/mol. The van der Waals surface area contributed by atoms with Gasteiger partial charge in [0, 0.05) is 26.3 Å². The van der Waals surface area contributed by atoms with E-state index in [0.717, 1.165) is 57.3 Å². The number of nitrogens with zero attached hydrogens (tertiary/aromatic N) is 1. The third-order valence-corrected chi connectivity index (χ3v) is 5.27. The topological polar surface area (TPSA) is 64.1 Å². The highest BCUT2D eigenvalue weighted by Crippen LogP contribution is 2.15. The second-order valence-electron chi connectivity index (χ2n) is 7.66. The van der Waals surface area contributed by atoms with Gasteiger partial charge in [-0.05, 0) is 55.0 Å². The van der Waals surface area contributed by atoms with Gasteiger partial charge in [-0.2, -0.15) is 0 Å². The Morgan fingerprint density at radius 2 is 1.78 bits per heavy atom. The number of benzene rings is 2. The molecule has 7 heteroatoms. The molecule has 2 aromatic rings. The lowest BCUT2D eigenvalue weighted by Gasteiger charge is -2.22. The molecule has 2 N–H and O–H groups in total. The summed E-state index contributed by atoms with van der Waals surface area (Å²) in [5, 5.41) is 6.74. The van der Waals surface area contributed by atoms with Crippen LogP contribution in [0.3, 0.4) is 0 Å². The number of methoxy groups -OCH3 is 1. The van der Waals surface area contributed by atoms with Gasteiger partial charge in [-0.15, -0.1) is 24.0 Å². The zero-order chi connectivity index (χ0) is 21.7. The van der Waals surface area contributed by atoms with Gasteiger partial charge < -0.3 is 24.8 Å². The quantitative estimate of drug-likeness (QED) is 0.261. The first-order valence-electron chi connectivity index (χ1n) is 11.2. The first-order valence-corrected chi connectivity index (χ1v) is 11.2. The Morgan fingerprint density at radius 1 is 1.03 bits per heavy atom. The van der Waals surface area contributed by atoms with E-state index in [1.807, 2.05) is 12.1 Å². The van der Waals surface area contributed by atoms with E-state index < -0.39 is 0 Å². The maximum Gasteiger partial charge on any atom is 0.191 e. The Hall–Kier alpha value is -1.84. The number of ether oxygens (including phenoxy) is 3. The number of nitrogens with one attached hydrogen (secondary N) is 2. The van der Waals surface area contributed by atoms with E-state index in [-0.39, 0.29) is 24.0 Å². The number of hydrogen-bond donors (Lipinski definition) is 2. The molecule has 0 radical (unpaired) electrons. The van der Waals surface area contributed by atoms with Gasteiger partial charge in [0.2, 0.25) is 0 Å². The minimum absolute atomic E-state index is 0. The van der Waals surface area contributed by atoms with Crippen LogP contribution in [0.25, 0.3) is 0 Å². The van der Waals surface area contributed by atoms with Crippen LogP contribution in [0.5, 0.6) is 5.75 Å². The average molecular weight is 553 g/mol. The van der Waals surface area contributed by atoms with Crippen LogP contribution in [0.15, 0.2) is 53.5 Å². The van der Waals surface area contributed by atoms with Crippen LogP contribution in [0, 0.1) is 0 Å². The van der Waals surface area contributed by atoms with Crippen molar-refractivity contribution >= 4 is 29.9 Å². The second-order valence-corrected chi connectivity index (χ2v) is 7.66. The molecule has 1 saturated heterocycles. The van der Waals surface area contributed by atoms with Gasteiger partial charge in [0.25, 0.3) is 0 Å². The average Bonchev–Trinajstić information content (AvgIpc) is 2.82. The van der Waals surface area contributed by atoms with Gasteiger partial charge >= 0.3 is 0 Å². The molecule has 0 spiro atoms. The Labute approximate surface area is 209 Å². The Kier molecular flexibility index (Phi) is 12.4. The first-order chi connectivity index (χ1) is 15.3. The van der Waals surface area contributed by atoms with Gasteiger partial charge in [0.15, 0.2) is 5.96 Å². The Bertz CT molecular complexity index is 808. The van der Waals surface area contributed by atoms with Crippen molar-refractivity contribution < 1.29 is 14.2 Å². The smallest absolute Gasteiger partial charge is 0.191 e. The summed E-state index contributed by atoms with van der Waals surface area (Å²) in [6, 6.07) is 16.7. The highest BCUT2D eigenvalue weighted by molar-refractivity contribution is 14.0.